The van der Waals surface area contributed by atoms with Crippen LogP contribution in [0.3, 0.4) is 0 Å². The zero-order valence-electron chi connectivity index (χ0n) is 16.4. The van der Waals surface area contributed by atoms with Crippen molar-refractivity contribution in [2.75, 3.05) is 54.6 Å². The van der Waals surface area contributed by atoms with E-state index in [1.165, 1.54) is 12.8 Å². The second kappa shape index (κ2) is 10.9. The zero-order valence-corrected chi connectivity index (χ0v) is 16.4. The molecule has 1 fully saturated rings. The number of ether oxygens (including phenoxy) is 3. The molecule has 7 nitrogen and oxygen atoms in total. The predicted octanol–water partition coefficient (Wildman–Crippen LogP) is 1.48. The molecular weight excluding hydrogens is 332 g/mol. The van der Waals surface area contributed by atoms with E-state index >= 15 is 0 Å². The third-order valence-corrected chi connectivity index (χ3v) is 4.72. The smallest absolute Gasteiger partial charge is 0.191 e. The van der Waals surface area contributed by atoms with Crippen LogP contribution >= 0.6 is 0 Å². The monoisotopic (exact) mass is 364 g/mol. The highest BCUT2D eigenvalue weighted by molar-refractivity contribution is 5.79. The van der Waals surface area contributed by atoms with Crippen molar-refractivity contribution in [3.63, 3.8) is 0 Å². The van der Waals surface area contributed by atoms with E-state index in [1.54, 1.807) is 28.4 Å². The van der Waals surface area contributed by atoms with Crippen molar-refractivity contribution in [1.29, 1.82) is 0 Å². The van der Waals surface area contributed by atoms with Crippen LogP contribution in [0.1, 0.15) is 18.4 Å². The molecule has 0 aliphatic carbocycles. The summed E-state index contributed by atoms with van der Waals surface area (Å²) in [6.45, 7) is 4.46. The summed E-state index contributed by atoms with van der Waals surface area (Å²) in [7, 11) is 6.83. The number of likely N-dealkylation sites (tertiary alicyclic amines) is 1. The van der Waals surface area contributed by atoms with E-state index in [-0.39, 0.29) is 0 Å². The number of nitrogens with one attached hydrogen (secondary N) is 2. The van der Waals surface area contributed by atoms with E-state index in [9.17, 15) is 0 Å². The Hall–Kier alpha value is -1.99. The van der Waals surface area contributed by atoms with E-state index in [4.69, 9.17) is 14.2 Å². The van der Waals surface area contributed by atoms with Crippen LogP contribution in [0, 0.1) is 0 Å². The van der Waals surface area contributed by atoms with Gasteiger partial charge in [-0.05, 0) is 37.1 Å². The summed E-state index contributed by atoms with van der Waals surface area (Å²) in [5, 5.41) is 6.80. The second-order valence-corrected chi connectivity index (χ2v) is 6.32. The highest BCUT2D eigenvalue weighted by Crippen LogP contribution is 2.27. The molecule has 0 bridgehead atoms. The molecule has 1 aromatic carbocycles. The number of nitrogens with zero attached hydrogens (tertiary/aromatic N) is 2. The Morgan fingerprint density at radius 3 is 2.69 bits per heavy atom. The van der Waals surface area contributed by atoms with Crippen molar-refractivity contribution < 1.29 is 14.2 Å². The molecule has 0 aromatic heterocycles. The Bertz CT molecular complexity index is 580. The van der Waals surface area contributed by atoms with Gasteiger partial charge in [-0.2, -0.15) is 0 Å². The molecule has 0 amide bonds. The molecule has 1 aromatic rings. The fraction of sp³-hybridized carbons (Fsp3) is 0.632. The Morgan fingerprint density at radius 2 is 2.00 bits per heavy atom. The van der Waals surface area contributed by atoms with E-state index in [0.29, 0.717) is 12.6 Å². The van der Waals surface area contributed by atoms with Gasteiger partial charge < -0.3 is 24.8 Å². The van der Waals surface area contributed by atoms with E-state index in [2.05, 4.69) is 20.5 Å². The Balaban J connectivity index is 1.82. The van der Waals surface area contributed by atoms with Crippen molar-refractivity contribution in [2.24, 2.45) is 4.99 Å². The number of hydrogen-bond acceptors (Lipinski definition) is 5. The average Bonchev–Trinajstić information content (AvgIpc) is 3.13. The van der Waals surface area contributed by atoms with Crippen molar-refractivity contribution in [3.8, 4) is 11.5 Å². The molecule has 1 unspecified atom stereocenters. The lowest BCUT2D eigenvalue weighted by atomic mass is 10.2. The first-order valence-corrected chi connectivity index (χ1v) is 9.10. The van der Waals surface area contributed by atoms with Crippen LogP contribution in [0.5, 0.6) is 11.5 Å². The SMILES string of the molecule is CN=C(NCc1ccc(OC)c(OC)c1)NCC1CCCN1CCOC. The van der Waals surface area contributed by atoms with Gasteiger partial charge in [0.2, 0.25) is 0 Å². The molecule has 7 heteroatoms. The average molecular weight is 364 g/mol. The summed E-state index contributed by atoms with van der Waals surface area (Å²) in [4.78, 5) is 6.81. The highest BCUT2D eigenvalue weighted by atomic mass is 16.5. The van der Waals surface area contributed by atoms with Gasteiger partial charge in [-0.3, -0.25) is 9.89 Å². The number of aliphatic imine (C=N–C) groups is 1. The molecule has 0 spiro atoms. The number of guanidine groups is 1. The number of hydrogen-bond donors (Lipinski definition) is 2. The standard InChI is InChI=1S/C19H32N4O3/c1-20-19(22-14-16-6-5-9-23(16)10-11-24-2)21-13-15-7-8-17(25-3)18(12-15)26-4/h7-8,12,16H,5-6,9-11,13-14H2,1-4H3,(H2,20,21,22). The lowest BCUT2D eigenvalue weighted by Gasteiger charge is -2.25. The first-order valence-electron chi connectivity index (χ1n) is 9.10. The van der Waals surface area contributed by atoms with Crippen molar-refractivity contribution in [3.05, 3.63) is 23.8 Å². The van der Waals surface area contributed by atoms with E-state index < -0.39 is 0 Å². The van der Waals surface area contributed by atoms with Crippen LogP contribution in [0.2, 0.25) is 0 Å². The fourth-order valence-corrected chi connectivity index (χ4v) is 3.24. The van der Waals surface area contributed by atoms with Gasteiger partial charge in [0.25, 0.3) is 0 Å². The summed E-state index contributed by atoms with van der Waals surface area (Å²) in [5.41, 5.74) is 1.10. The Kier molecular flexibility index (Phi) is 8.50. The summed E-state index contributed by atoms with van der Waals surface area (Å²) < 4.78 is 15.8. The van der Waals surface area contributed by atoms with Gasteiger partial charge in [0, 0.05) is 39.8 Å². The maximum absolute atomic E-state index is 5.35. The van der Waals surface area contributed by atoms with E-state index in [0.717, 1.165) is 49.3 Å². The molecule has 26 heavy (non-hydrogen) atoms. The van der Waals surface area contributed by atoms with Gasteiger partial charge in [0.15, 0.2) is 17.5 Å². The van der Waals surface area contributed by atoms with Crippen molar-refractivity contribution in [2.45, 2.75) is 25.4 Å². The summed E-state index contributed by atoms with van der Waals surface area (Å²) in [5.74, 6) is 2.27. The first-order chi connectivity index (χ1) is 12.7. The molecule has 1 atom stereocenters. The summed E-state index contributed by atoms with van der Waals surface area (Å²) >= 11 is 0. The normalized spacial score (nSPS) is 18.0. The lowest BCUT2D eigenvalue weighted by Crippen LogP contribution is -2.45. The van der Waals surface area contributed by atoms with Crippen LogP contribution in [0.15, 0.2) is 23.2 Å². The lowest BCUT2D eigenvalue weighted by molar-refractivity contribution is 0.141. The third kappa shape index (κ3) is 5.78. The largest absolute Gasteiger partial charge is 0.493 e. The minimum atomic E-state index is 0.532. The van der Waals surface area contributed by atoms with Crippen molar-refractivity contribution >= 4 is 5.96 Å². The van der Waals surface area contributed by atoms with Gasteiger partial charge >= 0.3 is 0 Å². The quantitative estimate of drug-likeness (QED) is 0.511. The van der Waals surface area contributed by atoms with Crippen LogP contribution < -0.4 is 20.1 Å². The minimum absolute atomic E-state index is 0.532. The molecule has 0 radical (unpaired) electrons. The predicted molar refractivity (Wildman–Crippen MR) is 104 cm³/mol. The van der Waals surface area contributed by atoms with Gasteiger partial charge in [0.1, 0.15) is 0 Å². The van der Waals surface area contributed by atoms with Crippen LogP contribution in [-0.4, -0.2) is 71.5 Å². The molecule has 1 aliphatic rings. The highest BCUT2D eigenvalue weighted by Gasteiger charge is 2.23. The van der Waals surface area contributed by atoms with Crippen LogP contribution in [0.25, 0.3) is 0 Å². The second-order valence-electron chi connectivity index (χ2n) is 6.32. The minimum Gasteiger partial charge on any atom is -0.493 e. The van der Waals surface area contributed by atoms with Gasteiger partial charge in [-0.25, -0.2) is 0 Å². The molecule has 1 saturated heterocycles. The van der Waals surface area contributed by atoms with Crippen LogP contribution in [-0.2, 0) is 11.3 Å². The number of rotatable bonds is 9. The Morgan fingerprint density at radius 1 is 1.19 bits per heavy atom. The van der Waals surface area contributed by atoms with Gasteiger partial charge in [-0.1, -0.05) is 6.07 Å². The molecule has 2 N–H and O–H groups in total. The third-order valence-electron chi connectivity index (χ3n) is 4.72. The fourth-order valence-electron chi connectivity index (χ4n) is 3.24. The van der Waals surface area contributed by atoms with Gasteiger partial charge in [0.05, 0.1) is 20.8 Å². The molecular formula is C19H32N4O3. The first kappa shape index (κ1) is 20.3. The summed E-state index contributed by atoms with van der Waals surface area (Å²) in [6, 6.07) is 6.44. The topological polar surface area (TPSA) is 67.4 Å². The molecule has 1 heterocycles. The van der Waals surface area contributed by atoms with Gasteiger partial charge in [-0.15, -0.1) is 0 Å². The number of methoxy groups -OCH3 is 3. The maximum Gasteiger partial charge on any atom is 0.191 e. The number of benzene rings is 1. The molecule has 0 saturated carbocycles. The van der Waals surface area contributed by atoms with Crippen molar-refractivity contribution in [1.82, 2.24) is 15.5 Å². The Labute approximate surface area is 156 Å². The maximum atomic E-state index is 5.35. The molecule has 2 rings (SSSR count). The molecule has 146 valence electrons. The van der Waals surface area contributed by atoms with Crippen LogP contribution in [0.4, 0.5) is 0 Å². The summed E-state index contributed by atoms with van der Waals surface area (Å²) in [6.07, 6.45) is 2.46. The molecule has 1 aliphatic heterocycles. The zero-order chi connectivity index (χ0) is 18.8. The van der Waals surface area contributed by atoms with E-state index in [1.807, 2.05) is 18.2 Å².